The van der Waals surface area contributed by atoms with E-state index in [0.717, 1.165) is 11.1 Å². The molecule has 0 spiro atoms. The Labute approximate surface area is 158 Å². The molecule has 2 aromatic carbocycles. The van der Waals surface area contributed by atoms with Crippen molar-refractivity contribution in [3.63, 3.8) is 0 Å². The monoisotopic (exact) mass is 366 g/mol. The van der Waals surface area contributed by atoms with Gasteiger partial charge in [-0.3, -0.25) is 19.8 Å². The summed E-state index contributed by atoms with van der Waals surface area (Å²) in [5, 5.41) is 22.7. The number of nitrogens with one attached hydrogen (secondary N) is 1. The van der Waals surface area contributed by atoms with Crippen LogP contribution in [0.3, 0.4) is 0 Å². The van der Waals surface area contributed by atoms with E-state index in [0.29, 0.717) is 12.1 Å². The van der Waals surface area contributed by atoms with Gasteiger partial charge >= 0.3 is 0 Å². The molecule has 140 valence electrons. The van der Waals surface area contributed by atoms with Gasteiger partial charge in [-0.2, -0.15) is 5.26 Å². The van der Waals surface area contributed by atoms with Gasteiger partial charge in [0.15, 0.2) is 0 Å². The molecule has 1 atom stereocenters. The highest BCUT2D eigenvalue weighted by Gasteiger charge is 2.20. The summed E-state index contributed by atoms with van der Waals surface area (Å²) in [6, 6.07) is 14.0. The molecule has 0 heterocycles. The molecule has 0 radical (unpaired) electrons. The van der Waals surface area contributed by atoms with E-state index in [1.165, 1.54) is 6.07 Å². The third kappa shape index (κ3) is 5.12. The summed E-state index contributed by atoms with van der Waals surface area (Å²) >= 11 is 0. The van der Waals surface area contributed by atoms with Gasteiger partial charge in [0.2, 0.25) is 5.91 Å². The molecular weight excluding hydrogens is 344 g/mol. The second-order valence-electron chi connectivity index (χ2n) is 6.30. The molecule has 2 rings (SSSR count). The Morgan fingerprint density at radius 2 is 1.96 bits per heavy atom. The molecule has 0 saturated carbocycles. The van der Waals surface area contributed by atoms with E-state index in [-0.39, 0.29) is 29.9 Å². The first-order valence-electron chi connectivity index (χ1n) is 8.64. The van der Waals surface area contributed by atoms with Gasteiger partial charge in [0.05, 0.1) is 23.1 Å². The lowest BCUT2D eigenvalue weighted by Crippen LogP contribution is -2.35. The zero-order valence-electron chi connectivity index (χ0n) is 15.6. The summed E-state index contributed by atoms with van der Waals surface area (Å²) in [5.74, 6) is -0.315. The number of likely N-dealkylation sites (N-methyl/N-ethyl adjacent to an activating group) is 1. The third-order valence-corrected chi connectivity index (χ3v) is 4.45. The summed E-state index contributed by atoms with van der Waals surface area (Å²) in [4.78, 5) is 25.1. The van der Waals surface area contributed by atoms with Crippen molar-refractivity contribution in [1.29, 1.82) is 5.26 Å². The van der Waals surface area contributed by atoms with Crippen LogP contribution in [0.4, 0.5) is 11.4 Å². The van der Waals surface area contributed by atoms with E-state index in [4.69, 9.17) is 5.26 Å². The number of rotatable bonds is 7. The molecule has 7 nitrogen and oxygen atoms in total. The standard InChI is InChI=1S/C20H22N4O3/c1-4-23(15(3)17-8-6-16(12-21)7-9-17)13-20(25)22-18-10-5-14(2)11-19(18)24(26)27/h5-11,15H,4,13H2,1-3H3,(H,22,25). The first kappa shape index (κ1) is 20.1. The minimum absolute atomic E-state index is 0.0403. The zero-order valence-corrected chi connectivity index (χ0v) is 15.6. The molecular formula is C20H22N4O3. The lowest BCUT2D eigenvalue weighted by molar-refractivity contribution is -0.384. The maximum Gasteiger partial charge on any atom is 0.293 e. The van der Waals surface area contributed by atoms with Crippen LogP contribution in [0.2, 0.25) is 0 Å². The van der Waals surface area contributed by atoms with Gasteiger partial charge in [0.1, 0.15) is 5.69 Å². The van der Waals surface area contributed by atoms with Crippen molar-refractivity contribution in [3.8, 4) is 6.07 Å². The number of hydrogen-bond acceptors (Lipinski definition) is 5. The molecule has 1 unspecified atom stereocenters. The number of carbonyl (C=O) groups is 1. The fraction of sp³-hybridized carbons (Fsp3) is 0.300. The van der Waals surface area contributed by atoms with E-state index in [1.54, 1.807) is 31.2 Å². The quantitative estimate of drug-likeness (QED) is 0.593. The molecule has 0 saturated heterocycles. The van der Waals surface area contributed by atoms with E-state index >= 15 is 0 Å². The van der Waals surface area contributed by atoms with Crippen molar-refractivity contribution in [2.24, 2.45) is 0 Å². The molecule has 1 N–H and O–H groups in total. The van der Waals surface area contributed by atoms with Gasteiger partial charge in [-0.05, 0) is 49.7 Å². The van der Waals surface area contributed by atoms with Crippen LogP contribution < -0.4 is 5.32 Å². The molecule has 0 fully saturated rings. The van der Waals surface area contributed by atoms with Gasteiger partial charge in [0, 0.05) is 12.1 Å². The molecule has 7 heteroatoms. The molecule has 0 aliphatic rings. The molecule has 0 aromatic heterocycles. The van der Waals surface area contributed by atoms with Crippen LogP contribution in [0.5, 0.6) is 0 Å². The minimum atomic E-state index is -0.500. The topological polar surface area (TPSA) is 99.3 Å². The molecule has 27 heavy (non-hydrogen) atoms. The van der Waals surface area contributed by atoms with Crippen LogP contribution >= 0.6 is 0 Å². The maximum atomic E-state index is 12.5. The summed E-state index contributed by atoms with van der Waals surface area (Å²) < 4.78 is 0. The number of hydrogen-bond donors (Lipinski definition) is 1. The number of aryl methyl sites for hydroxylation is 1. The van der Waals surface area contributed by atoms with E-state index < -0.39 is 4.92 Å². The normalized spacial score (nSPS) is 11.7. The number of nitro groups is 1. The first-order valence-corrected chi connectivity index (χ1v) is 8.64. The smallest absolute Gasteiger partial charge is 0.293 e. The second-order valence-corrected chi connectivity index (χ2v) is 6.30. The van der Waals surface area contributed by atoms with Crippen LogP contribution in [-0.2, 0) is 4.79 Å². The lowest BCUT2D eigenvalue weighted by Gasteiger charge is -2.27. The Kier molecular flexibility index (Phi) is 6.63. The number of anilines is 1. The average Bonchev–Trinajstić information content (AvgIpc) is 2.66. The van der Waals surface area contributed by atoms with Crippen molar-refractivity contribution in [3.05, 3.63) is 69.3 Å². The largest absolute Gasteiger partial charge is 0.319 e. The Hall–Kier alpha value is -3.24. The summed E-state index contributed by atoms with van der Waals surface area (Å²) in [6.45, 7) is 6.41. The minimum Gasteiger partial charge on any atom is -0.319 e. The van der Waals surface area contributed by atoms with Crippen molar-refractivity contribution in [1.82, 2.24) is 4.90 Å². The van der Waals surface area contributed by atoms with Crippen molar-refractivity contribution < 1.29 is 9.72 Å². The van der Waals surface area contributed by atoms with Gasteiger partial charge in [0.25, 0.3) is 5.69 Å². The maximum absolute atomic E-state index is 12.5. The first-order chi connectivity index (χ1) is 12.8. The zero-order chi connectivity index (χ0) is 20.0. The number of carbonyl (C=O) groups excluding carboxylic acids is 1. The van der Waals surface area contributed by atoms with Crippen molar-refractivity contribution >= 4 is 17.3 Å². The van der Waals surface area contributed by atoms with Gasteiger partial charge in [-0.15, -0.1) is 0 Å². The van der Waals surface area contributed by atoms with Gasteiger partial charge in [-0.1, -0.05) is 25.1 Å². The highest BCUT2D eigenvalue weighted by Crippen LogP contribution is 2.26. The predicted octanol–water partition coefficient (Wildman–Crippen LogP) is 3.80. The van der Waals surface area contributed by atoms with Crippen molar-refractivity contribution in [2.75, 3.05) is 18.4 Å². The van der Waals surface area contributed by atoms with E-state index in [9.17, 15) is 14.9 Å². The molecule has 2 aromatic rings. The van der Waals surface area contributed by atoms with Crippen LogP contribution in [0, 0.1) is 28.4 Å². The molecule has 1 amide bonds. The average molecular weight is 366 g/mol. The van der Waals surface area contributed by atoms with Crippen LogP contribution in [0.25, 0.3) is 0 Å². The Bertz CT molecular complexity index is 872. The summed E-state index contributed by atoms with van der Waals surface area (Å²) in [5.41, 5.74) is 2.40. The lowest BCUT2D eigenvalue weighted by atomic mass is 10.0. The van der Waals surface area contributed by atoms with E-state index in [2.05, 4.69) is 11.4 Å². The number of nitrogens with zero attached hydrogens (tertiary/aromatic N) is 3. The number of benzene rings is 2. The summed E-state index contributed by atoms with van der Waals surface area (Å²) in [7, 11) is 0. The van der Waals surface area contributed by atoms with Gasteiger partial charge in [-0.25, -0.2) is 0 Å². The summed E-state index contributed by atoms with van der Waals surface area (Å²) in [6.07, 6.45) is 0. The Balaban J connectivity index is 2.10. The van der Waals surface area contributed by atoms with Gasteiger partial charge < -0.3 is 5.32 Å². The number of nitro benzene ring substituents is 1. The fourth-order valence-corrected chi connectivity index (χ4v) is 2.84. The third-order valence-electron chi connectivity index (χ3n) is 4.45. The number of nitriles is 1. The fourth-order valence-electron chi connectivity index (χ4n) is 2.84. The van der Waals surface area contributed by atoms with Crippen LogP contribution in [0.15, 0.2) is 42.5 Å². The van der Waals surface area contributed by atoms with Crippen LogP contribution in [-0.4, -0.2) is 28.8 Å². The molecule has 0 aliphatic carbocycles. The second kappa shape index (κ2) is 8.92. The molecule has 0 bridgehead atoms. The Morgan fingerprint density at radius 1 is 1.30 bits per heavy atom. The van der Waals surface area contributed by atoms with Crippen molar-refractivity contribution in [2.45, 2.75) is 26.8 Å². The molecule has 0 aliphatic heterocycles. The SMILES string of the molecule is CCN(CC(=O)Nc1ccc(C)cc1[N+](=O)[O-])C(C)c1ccc(C#N)cc1. The van der Waals surface area contributed by atoms with E-state index in [1.807, 2.05) is 30.9 Å². The highest BCUT2D eigenvalue weighted by atomic mass is 16.6. The predicted molar refractivity (Wildman–Crippen MR) is 103 cm³/mol. The van der Waals surface area contributed by atoms with Crippen LogP contribution in [0.1, 0.15) is 36.6 Å². The highest BCUT2D eigenvalue weighted by molar-refractivity contribution is 5.94. The Morgan fingerprint density at radius 3 is 2.52 bits per heavy atom. The number of amides is 1.